The molecule has 0 aromatic carbocycles. The van der Waals surface area contributed by atoms with Crippen LogP contribution >= 0.6 is 11.6 Å². The predicted octanol–water partition coefficient (Wildman–Crippen LogP) is 0.379. The average molecular weight is 245 g/mol. The summed E-state index contributed by atoms with van der Waals surface area (Å²) >= 11 is 5.88. The first kappa shape index (κ1) is 11.4. The van der Waals surface area contributed by atoms with Gasteiger partial charge >= 0.3 is 5.69 Å². The molecular formula is C10H13ClN2O3. The van der Waals surface area contributed by atoms with Gasteiger partial charge in [-0.3, -0.25) is 13.9 Å². The molecule has 16 heavy (non-hydrogen) atoms. The van der Waals surface area contributed by atoms with E-state index in [1.807, 2.05) is 0 Å². The van der Waals surface area contributed by atoms with Gasteiger partial charge in [0.15, 0.2) is 0 Å². The summed E-state index contributed by atoms with van der Waals surface area (Å²) in [5.74, 6) is 0. The molecular weight excluding hydrogens is 232 g/mol. The predicted molar refractivity (Wildman–Crippen MR) is 59.9 cm³/mol. The summed E-state index contributed by atoms with van der Waals surface area (Å²) in [6.07, 6.45) is 1.95. The quantitative estimate of drug-likeness (QED) is 0.707. The van der Waals surface area contributed by atoms with Crippen LogP contribution in [0.15, 0.2) is 15.7 Å². The van der Waals surface area contributed by atoms with Crippen molar-refractivity contribution in [3.05, 3.63) is 32.1 Å². The molecule has 1 aromatic rings. The maximum atomic E-state index is 11.8. The molecule has 0 aliphatic carbocycles. The van der Waals surface area contributed by atoms with E-state index in [9.17, 15) is 9.59 Å². The summed E-state index contributed by atoms with van der Waals surface area (Å²) in [5, 5.41) is 0.170. The van der Waals surface area contributed by atoms with Gasteiger partial charge in [-0.25, -0.2) is 4.79 Å². The Balaban J connectivity index is 2.36. The van der Waals surface area contributed by atoms with Gasteiger partial charge in [0.25, 0.3) is 5.56 Å². The molecule has 0 radical (unpaired) electrons. The van der Waals surface area contributed by atoms with E-state index in [-0.39, 0.29) is 11.3 Å². The monoisotopic (exact) mass is 244 g/mol. The highest BCUT2D eigenvalue weighted by molar-refractivity contribution is 6.29. The molecule has 6 heteroatoms. The number of rotatable bonds is 2. The van der Waals surface area contributed by atoms with Crippen LogP contribution in [0.1, 0.15) is 12.8 Å². The molecule has 1 aliphatic rings. The first-order valence-corrected chi connectivity index (χ1v) is 5.55. The summed E-state index contributed by atoms with van der Waals surface area (Å²) in [4.78, 5) is 23.1. The van der Waals surface area contributed by atoms with Crippen LogP contribution in [0.4, 0.5) is 0 Å². The van der Waals surface area contributed by atoms with E-state index in [2.05, 4.69) is 0 Å². The minimum atomic E-state index is -0.395. The van der Waals surface area contributed by atoms with E-state index in [0.717, 1.165) is 24.0 Å². The van der Waals surface area contributed by atoms with Crippen molar-refractivity contribution in [1.29, 1.82) is 0 Å². The second-order valence-electron chi connectivity index (χ2n) is 3.89. The number of hydrogen-bond donors (Lipinski definition) is 0. The summed E-state index contributed by atoms with van der Waals surface area (Å²) in [5.41, 5.74) is -0.786. The summed E-state index contributed by atoms with van der Waals surface area (Å²) in [6.45, 7) is 1.13. The van der Waals surface area contributed by atoms with Gasteiger partial charge in [-0.05, 0) is 12.8 Å². The van der Waals surface area contributed by atoms with Gasteiger partial charge in [0.1, 0.15) is 5.15 Å². The van der Waals surface area contributed by atoms with Crippen LogP contribution in [-0.4, -0.2) is 21.8 Å². The van der Waals surface area contributed by atoms with Crippen LogP contribution in [-0.2, 0) is 18.3 Å². The lowest BCUT2D eigenvalue weighted by Gasteiger charge is -2.13. The molecule has 2 rings (SSSR count). The molecule has 1 saturated heterocycles. The van der Waals surface area contributed by atoms with Crippen LogP contribution in [0.25, 0.3) is 0 Å². The lowest BCUT2D eigenvalue weighted by atomic mass is 10.2. The topological polar surface area (TPSA) is 53.2 Å². The first-order valence-electron chi connectivity index (χ1n) is 5.17. The minimum Gasteiger partial charge on any atom is -0.376 e. The van der Waals surface area contributed by atoms with Crippen molar-refractivity contribution in [2.24, 2.45) is 7.05 Å². The van der Waals surface area contributed by atoms with Crippen molar-refractivity contribution < 1.29 is 4.74 Å². The SMILES string of the molecule is Cn1c(=O)cc(Cl)n(C[C@@H]2CCCO2)c1=O. The fourth-order valence-electron chi connectivity index (χ4n) is 1.80. The number of aromatic nitrogens is 2. The van der Waals surface area contributed by atoms with Crippen LogP contribution in [0.3, 0.4) is 0 Å². The summed E-state index contributed by atoms with van der Waals surface area (Å²) in [6, 6.07) is 1.25. The van der Waals surface area contributed by atoms with Gasteiger partial charge in [-0.1, -0.05) is 11.6 Å². The van der Waals surface area contributed by atoms with Gasteiger partial charge < -0.3 is 4.74 Å². The Hall–Kier alpha value is -1.07. The van der Waals surface area contributed by atoms with Crippen molar-refractivity contribution in [2.75, 3.05) is 6.61 Å². The lowest BCUT2D eigenvalue weighted by Crippen LogP contribution is -2.39. The van der Waals surface area contributed by atoms with E-state index in [4.69, 9.17) is 16.3 Å². The Morgan fingerprint density at radius 2 is 2.31 bits per heavy atom. The number of ether oxygens (including phenoxy) is 1. The minimum absolute atomic E-state index is 0.0210. The van der Waals surface area contributed by atoms with E-state index >= 15 is 0 Å². The largest absolute Gasteiger partial charge is 0.376 e. The van der Waals surface area contributed by atoms with Crippen molar-refractivity contribution in [1.82, 2.24) is 9.13 Å². The molecule has 5 nitrogen and oxygen atoms in total. The van der Waals surface area contributed by atoms with Crippen molar-refractivity contribution >= 4 is 11.6 Å². The van der Waals surface area contributed by atoms with E-state index in [0.29, 0.717) is 6.54 Å². The van der Waals surface area contributed by atoms with Gasteiger partial charge in [0.05, 0.1) is 12.6 Å². The Morgan fingerprint density at radius 1 is 1.56 bits per heavy atom. The first-order chi connectivity index (χ1) is 7.59. The molecule has 1 aliphatic heterocycles. The van der Waals surface area contributed by atoms with Gasteiger partial charge in [-0.15, -0.1) is 0 Å². The zero-order valence-corrected chi connectivity index (χ0v) is 9.74. The molecule has 1 fully saturated rings. The fourth-order valence-corrected chi connectivity index (χ4v) is 2.04. The van der Waals surface area contributed by atoms with E-state index in [1.54, 1.807) is 0 Å². The Labute approximate surface area is 97.2 Å². The van der Waals surface area contributed by atoms with Gasteiger partial charge in [0.2, 0.25) is 0 Å². The maximum absolute atomic E-state index is 11.8. The Kier molecular flexibility index (Phi) is 3.16. The van der Waals surface area contributed by atoms with Gasteiger partial charge in [0, 0.05) is 19.7 Å². The van der Waals surface area contributed by atoms with Crippen molar-refractivity contribution in [2.45, 2.75) is 25.5 Å². The number of nitrogens with zero attached hydrogens (tertiary/aromatic N) is 2. The second-order valence-corrected chi connectivity index (χ2v) is 4.28. The highest BCUT2D eigenvalue weighted by Gasteiger charge is 2.18. The molecule has 0 saturated carbocycles. The normalized spacial score (nSPS) is 20.2. The maximum Gasteiger partial charge on any atom is 0.331 e. The molecule has 0 unspecified atom stereocenters. The molecule has 2 heterocycles. The van der Waals surface area contributed by atoms with E-state index < -0.39 is 11.2 Å². The molecule has 0 amide bonds. The smallest absolute Gasteiger partial charge is 0.331 e. The molecule has 0 spiro atoms. The third-order valence-corrected chi connectivity index (χ3v) is 3.07. The molecule has 1 aromatic heterocycles. The number of hydrogen-bond acceptors (Lipinski definition) is 3. The van der Waals surface area contributed by atoms with Crippen LogP contribution in [0.2, 0.25) is 5.15 Å². The molecule has 0 bridgehead atoms. The van der Waals surface area contributed by atoms with Crippen molar-refractivity contribution in [3.63, 3.8) is 0 Å². The molecule has 88 valence electrons. The highest BCUT2D eigenvalue weighted by Crippen LogP contribution is 2.14. The van der Waals surface area contributed by atoms with Crippen molar-refractivity contribution in [3.8, 4) is 0 Å². The molecule has 1 atom stereocenters. The average Bonchev–Trinajstić information content (AvgIpc) is 2.74. The van der Waals surface area contributed by atoms with Crippen LogP contribution in [0, 0.1) is 0 Å². The Bertz CT molecular complexity index is 500. The second kappa shape index (κ2) is 4.43. The van der Waals surface area contributed by atoms with E-state index in [1.165, 1.54) is 17.7 Å². The van der Waals surface area contributed by atoms with Crippen LogP contribution < -0.4 is 11.2 Å². The zero-order valence-electron chi connectivity index (χ0n) is 8.98. The third kappa shape index (κ3) is 2.05. The van der Waals surface area contributed by atoms with Gasteiger partial charge in [-0.2, -0.15) is 0 Å². The zero-order chi connectivity index (χ0) is 11.7. The third-order valence-electron chi connectivity index (χ3n) is 2.76. The number of halogens is 1. The Morgan fingerprint density at radius 3 is 2.94 bits per heavy atom. The summed E-state index contributed by atoms with van der Waals surface area (Å²) in [7, 11) is 1.44. The molecule has 0 N–H and O–H groups in total. The van der Waals surface area contributed by atoms with Crippen LogP contribution in [0.5, 0.6) is 0 Å². The summed E-state index contributed by atoms with van der Waals surface area (Å²) < 4.78 is 7.85. The standard InChI is InChI=1S/C10H13ClN2O3/c1-12-9(14)5-8(11)13(10(12)15)6-7-3-2-4-16-7/h5,7H,2-4,6H2,1H3/t7-/m0/s1. The lowest BCUT2D eigenvalue weighted by molar-refractivity contribution is 0.0955. The highest BCUT2D eigenvalue weighted by atomic mass is 35.5. The fraction of sp³-hybridized carbons (Fsp3) is 0.600.